The molecule has 7 nitrogen and oxygen atoms in total. The van der Waals surface area contributed by atoms with Gasteiger partial charge >= 0.3 is 0 Å². The Labute approximate surface area is 200 Å². The molecule has 2 aliphatic rings. The van der Waals surface area contributed by atoms with E-state index in [9.17, 15) is 19.8 Å². The minimum atomic E-state index is -0.959. The lowest BCUT2D eigenvalue weighted by Crippen LogP contribution is -3.00. The lowest BCUT2D eigenvalue weighted by molar-refractivity contribution is -0.685. The van der Waals surface area contributed by atoms with E-state index >= 15 is 0 Å². The van der Waals surface area contributed by atoms with E-state index in [0.29, 0.717) is 28.7 Å². The SMILES string of the molecule is CN(C)C(=O)c1cn(CC2(O)CC[NH2+]CC23CCCC3)c(=O)cc1-c1cccc(CO)c1.[Cl-]. The smallest absolute Gasteiger partial charge is 0.255 e. The van der Waals surface area contributed by atoms with E-state index in [1.807, 2.05) is 6.07 Å². The molecule has 33 heavy (non-hydrogen) atoms. The van der Waals surface area contributed by atoms with E-state index in [4.69, 9.17) is 0 Å². The standard InChI is InChI=1S/C25H33N3O4.ClH/c1-27(2)23(31)21-14-28(17-25(32)10-11-26-16-24(25)8-3-4-9-24)22(30)13-20(21)19-7-5-6-18(12-19)15-29;/h5-7,12-14,26,29,32H,3-4,8-11,15-17H2,1-2H3;1H. The van der Waals surface area contributed by atoms with Crippen molar-refractivity contribution in [3.8, 4) is 11.1 Å². The molecule has 1 saturated carbocycles. The lowest BCUT2D eigenvalue weighted by Gasteiger charge is -2.47. The molecule has 1 aliphatic carbocycles. The highest BCUT2D eigenvalue weighted by Crippen LogP contribution is 2.48. The minimum Gasteiger partial charge on any atom is -1.00 e. The van der Waals surface area contributed by atoms with E-state index in [0.717, 1.165) is 38.8 Å². The largest absolute Gasteiger partial charge is 1.00 e. The van der Waals surface area contributed by atoms with E-state index < -0.39 is 5.60 Å². The van der Waals surface area contributed by atoms with E-state index in [2.05, 4.69) is 5.32 Å². The maximum absolute atomic E-state index is 13.2. The third kappa shape index (κ3) is 4.73. The summed E-state index contributed by atoms with van der Waals surface area (Å²) in [5.41, 5.74) is 1.01. The number of quaternary nitrogens is 1. The minimum absolute atomic E-state index is 0. The van der Waals surface area contributed by atoms with Gasteiger partial charge in [0.25, 0.3) is 11.5 Å². The number of nitrogens with zero attached hydrogens (tertiary/aromatic N) is 2. The highest BCUT2D eigenvalue weighted by molar-refractivity contribution is 6.00. The highest BCUT2D eigenvalue weighted by Gasteiger charge is 2.55. The second-order valence-corrected chi connectivity index (χ2v) is 9.68. The molecular weight excluding hydrogens is 442 g/mol. The molecule has 1 amide bonds. The summed E-state index contributed by atoms with van der Waals surface area (Å²) < 4.78 is 1.53. The third-order valence-corrected chi connectivity index (χ3v) is 7.46. The molecule has 1 spiro atoms. The zero-order valence-corrected chi connectivity index (χ0v) is 20.1. The van der Waals surface area contributed by atoms with Crippen LogP contribution < -0.4 is 23.3 Å². The maximum Gasteiger partial charge on any atom is 0.255 e. The Bertz CT molecular complexity index is 1060. The van der Waals surface area contributed by atoms with Crippen LogP contribution in [0.15, 0.2) is 41.3 Å². The zero-order valence-electron chi connectivity index (χ0n) is 19.4. The summed E-state index contributed by atoms with van der Waals surface area (Å²) in [6, 6.07) is 8.73. The molecule has 1 aliphatic heterocycles. The quantitative estimate of drug-likeness (QED) is 0.464. The number of carbonyl (C=O) groups excluding carboxylic acids is 1. The molecule has 180 valence electrons. The number of aliphatic hydroxyl groups is 2. The van der Waals surface area contributed by atoms with Crippen LogP contribution in [0.25, 0.3) is 11.1 Å². The average molecular weight is 476 g/mol. The lowest BCUT2D eigenvalue weighted by atomic mass is 9.66. The summed E-state index contributed by atoms with van der Waals surface area (Å²) in [6.07, 6.45) is 6.42. The van der Waals surface area contributed by atoms with E-state index in [-0.39, 0.29) is 42.4 Å². The van der Waals surface area contributed by atoms with Gasteiger partial charge in [-0.15, -0.1) is 0 Å². The Morgan fingerprint density at radius 1 is 1.18 bits per heavy atom. The number of aromatic nitrogens is 1. The molecule has 4 N–H and O–H groups in total. The fourth-order valence-electron chi connectivity index (χ4n) is 5.61. The van der Waals surface area contributed by atoms with Crippen molar-refractivity contribution < 1.29 is 32.7 Å². The molecule has 1 unspecified atom stereocenters. The van der Waals surface area contributed by atoms with Crippen molar-refractivity contribution in [1.29, 1.82) is 0 Å². The summed E-state index contributed by atoms with van der Waals surface area (Å²) in [5, 5.41) is 23.6. The van der Waals surface area contributed by atoms with E-state index in [1.165, 1.54) is 15.5 Å². The number of nitrogens with two attached hydrogens (primary N) is 1. The van der Waals surface area contributed by atoms with Crippen molar-refractivity contribution in [3.63, 3.8) is 0 Å². The fraction of sp³-hybridized carbons (Fsp3) is 0.520. The van der Waals surface area contributed by atoms with Crippen LogP contribution in [0, 0.1) is 5.41 Å². The van der Waals surface area contributed by atoms with Crippen LogP contribution in [0.2, 0.25) is 0 Å². The molecule has 1 atom stereocenters. The van der Waals surface area contributed by atoms with Gasteiger partial charge in [-0.1, -0.05) is 31.0 Å². The highest BCUT2D eigenvalue weighted by atomic mass is 35.5. The van der Waals surface area contributed by atoms with Crippen LogP contribution in [-0.4, -0.2) is 58.4 Å². The summed E-state index contributed by atoms with van der Waals surface area (Å²) in [5.74, 6) is -0.206. The van der Waals surface area contributed by atoms with Crippen LogP contribution in [0.4, 0.5) is 0 Å². The first-order chi connectivity index (χ1) is 15.3. The van der Waals surface area contributed by atoms with Crippen LogP contribution >= 0.6 is 0 Å². The van der Waals surface area contributed by atoms with Gasteiger partial charge in [0.05, 0.1) is 42.8 Å². The molecule has 0 radical (unpaired) electrons. The van der Waals surface area contributed by atoms with Gasteiger partial charge in [-0.25, -0.2) is 0 Å². The number of aliphatic hydroxyl groups excluding tert-OH is 1. The van der Waals surface area contributed by atoms with Gasteiger partial charge in [0, 0.05) is 38.3 Å². The van der Waals surface area contributed by atoms with Gasteiger partial charge in [0.2, 0.25) is 0 Å². The van der Waals surface area contributed by atoms with Crippen molar-refractivity contribution >= 4 is 5.91 Å². The van der Waals surface area contributed by atoms with Crippen molar-refractivity contribution in [2.75, 3.05) is 27.2 Å². The number of pyridine rings is 1. The molecule has 2 aromatic rings. The van der Waals surface area contributed by atoms with Gasteiger partial charge in [-0.2, -0.15) is 0 Å². The number of hydrogen-bond donors (Lipinski definition) is 3. The number of piperidine rings is 1. The van der Waals surface area contributed by atoms with Crippen molar-refractivity contribution in [2.24, 2.45) is 5.41 Å². The second-order valence-electron chi connectivity index (χ2n) is 9.68. The average Bonchev–Trinajstić information content (AvgIpc) is 3.27. The van der Waals surface area contributed by atoms with Crippen LogP contribution in [-0.2, 0) is 13.2 Å². The van der Waals surface area contributed by atoms with Gasteiger partial charge in [-0.3, -0.25) is 9.59 Å². The number of rotatable bonds is 5. The van der Waals surface area contributed by atoms with Crippen molar-refractivity contribution in [3.05, 3.63) is 58.0 Å². The van der Waals surface area contributed by atoms with Crippen LogP contribution in [0.1, 0.15) is 48.0 Å². The van der Waals surface area contributed by atoms with Gasteiger partial charge < -0.3 is 37.4 Å². The first kappa shape index (κ1) is 25.4. The van der Waals surface area contributed by atoms with Gasteiger partial charge in [0.15, 0.2) is 0 Å². The summed E-state index contributed by atoms with van der Waals surface area (Å²) in [6.45, 7) is 1.80. The number of carbonyl (C=O) groups is 1. The number of amides is 1. The summed E-state index contributed by atoms with van der Waals surface area (Å²) in [4.78, 5) is 27.8. The second kappa shape index (κ2) is 9.97. The Balaban J connectivity index is 0.00000306. The maximum atomic E-state index is 13.2. The molecule has 4 rings (SSSR count). The normalized spacial score (nSPS) is 21.6. The summed E-state index contributed by atoms with van der Waals surface area (Å²) in [7, 11) is 3.37. The van der Waals surface area contributed by atoms with Crippen molar-refractivity contribution in [2.45, 2.75) is 50.9 Å². The molecule has 8 heteroatoms. The van der Waals surface area contributed by atoms with Crippen LogP contribution in [0.5, 0.6) is 0 Å². The Morgan fingerprint density at radius 2 is 1.91 bits per heavy atom. The number of halogens is 1. The molecule has 2 heterocycles. The first-order valence-electron chi connectivity index (χ1n) is 11.5. The molecule has 1 aromatic carbocycles. The van der Waals surface area contributed by atoms with Crippen molar-refractivity contribution in [1.82, 2.24) is 9.47 Å². The summed E-state index contributed by atoms with van der Waals surface area (Å²) >= 11 is 0. The monoisotopic (exact) mass is 475 g/mol. The van der Waals surface area contributed by atoms with Crippen LogP contribution in [0.3, 0.4) is 0 Å². The fourth-order valence-corrected chi connectivity index (χ4v) is 5.61. The Kier molecular flexibility index (Phi) is 7.69. The third-order valence-electron chi connectivity index (χ3n) is 7.46. The number of hydrogen-bond acceptors (Lipinski definition) is 4. The zero-order chi connectivity index (χ0) is 22.9. The Morgan fingerprint density at radius 3 is 2.58 bits per heavy atom. The molecule has 1 aromatic heterocycles. The van der Waals surface area contributed by atoms with Gasteiger partial charge in [-0.05, 0) is 30.0 Å². The molecular formula is C25H34ClN3O4. The van der Waals surface area contributed by atoms with E-state index in [1.54, 1.807) is 38.5 Å². The predicted molar refractivity (Wildman–Crippen MR) is 122 cm³/mol. The molecule has 2 fully saturated rings. The topological polar surface area (TPSA) is 99.4 Å². The number of benzene rings is 1. The Hall–Kier alpha value is -2.19. The first-order valence-corrected chi connectivity index (χ1v) is 11.5. The van der Waals surface area contributed by atoms with Gasteiger partial charge in [0.1, 0.15) is 0 Å². The molecule has 1 saturated heterocycles. The molecule has 0 bridgehead atoms. The predicted octanol–water partition coefficient (Wildman–Crippen LogP) is -2.03.